The summed E-state index contributed by atoms with van der Waals surface area (Å²) in [5.41, 5.74) is 3.02. The molecule has 1 atom stereocenters. The number of aromatic nitrogens is 3. The number of nitrogens with zero attached hydrogens (tertiary/aromatic N) is 3. The van der Waals surface area contributed by atoms with Gasteiger partial charge in [-0.05, 0) is 18.9 Å². The number of hydrogen-bond donors (Lipinski definition) is 1. The number of hydrogen-bond acceptors (Lipinski definition) is 7. The maximum atomic E-state index is 12.2. The van der Waals surface area contributed by atoms with E-state index in [4.69, 9.17) is 14.5 Å². The van der Waals surface area contributed by atoms with Crippen LogP contribution in [-0.4, -0.2) is 47.4 Å². The average Bonchev–Trinajstić information content (AvgIpc) is 3.02. The molecule has 0 bridgehead atoms. The molecule has 2 aliphatic rings. The highest BCUT2D eigenvalue weighted by molar-refractivity contribution is 7.25. The first-order chi connectivity index (χ1) is 12.2. The van der Waals surface area contributed by atoms with Crippen LogP contribution in [0.4, 0.5) is 5.82 Å². The molecule has 130 valence electrons. The Kier molecular flexibility index (Phi) is 3.51. The monoisotopic (exact) mass is 358 g/mol. The fourth-order valence-electron chi connectivity index (χ4n) is 3.69. The lowest BCUT2D eigenvalue weighted by Crippen LogP contribution is -2.38. The van der Waals surface area contributed by atoms with E-state index < -0.39 is 0 Å². The SMILES string of the molecule is CC1Cc2c(c(N3CCOCC3)nc3sc4c(=O)[nH]cnc4c23)CO1. The van der Waals surface area contributed by atoms with Crippen LogP contribution in [0.5, 0.6) is 0 Å². The van der Waals surface area contributed by atoms with Crippen molar-refractivity contribution in [3.05, 3.63) is 27.8 Å². The van der Waals surface area contributed by atoms with Crippen LogP contribution in [0.2, 0.25) is 0 Å². The molecule has 5 rings (SSSR count). The summed E-state index contributed by atoms with van der Waals surface area (Å²) < 4.78 is 12.0. The third kappa shape index (κ3) is 2.36. The number of rotatable bonds is 1. The maximum absolute atomic E-state index is 12.2. The van der Waals surface area contributed by atoms with E-state index in [2.05, 4.69) is 21.8 Å². The van der Waals surface area contributed by atoms with Crippen LogP contribution >= 0.6 is 11.3 Å². The number of H-pyrrole nitrogens is 1. The highest BCUT2D eigenvalue weighted by Gasteiger charge is 2.28. The molecule has 7 nitrogen and oxygen atoms in total. The van der Waals surface area contributed by atoms with Crippen molar-refractivity contribution in [2.75, 3.05) is 31.2 Å². The second-order valence-electron chi connectivity index (χ2n) is 6.51. The van der Waals surface area contributed by atoms with Gasteiger partial charge in [0, 0.05) is 24.0 Å². The Bertz CT molecular complexity index is 1020. The summed E-state index contributed by atoms with van der Waals surface area (Å²) in [4.78, 5) is 27.4. The van der Waals surface area contributed by atoms with Crippen molar-refractivity contribution in [1.29, 1.82) is 0 Å². The van der Waals surface area contributed by atoms with Crippen LogP contribution in [-0.2, 0) is 22.5 Å². The number of fused-ring (bicyclic) bond motifs is 5. The molecule has 1 unspecified atom stereocenters. The van der Waals surface area contributed by atoms with E-state index in [1.54, 1.807) is 0 Å². The van der Waals surface area contributed by atoms with Gasteiger partial charge in [0.2, 0.25) is 0 Å². The lowest BCUT2D eigenvalue weighted by Gasteiger charge is -2.32. The molecule has 3 aromatic rings. The van der Waals surface area contributed by atoms with Crippen LogP contribution in [0.15, 0.2) is 11.1 Å². The van der Waals surface area contributed by atoms with Crippen LogP contribution in [0.3, 0.4) is 0 Å². The first-order valence-electron chi connectivity index (χ1n) is 8.48. The quantitative estimate of drug-likeness (QED) is 0.715. The summed E-state index contributed by atoms with van der Waals surface area (Å²) in [6.45, 7) is 5.69. The molecule has 5 heterocycles. The van der Waals surface area contributed by atoms with E-state index in [1.165, 1.54) is 23.2 Å². The van der Waals surface area contributed by atoms with Gasteiger partial charge in [0.15, 0.2) is 0 Å². The van der Waals surface area contributed by atoms with Gasteiger partial charge in [-0.25, -0.2) is 9.97 Å². The maximum Gasteiger partial charge on any atom is 0.268 e. The Labute approximate surface area is 147 Å². The number of ether oxygens (including phenoxy) is 2. The highest BCUT2D eigenvalue weighted by Crippen LogP contribution is 2.39. The summed E-state index contributed by atoms with van der Waals surface area (Å²) in [7, 11) is 0. The van der Waals surface area contributed by atoms with Crippen LogP contribution in [0, 0.1) is 0 Å². The Balaban J connectivity index is 1.83. The minimum Gasteiger partial charge on any atom is -0.378 e. The molecule has 3 aromatic heterocycles. The summed E-state index contributed by atoms with van der Waals surface area (Å²) >= 11 is 1.42. The van der Waals surface area contributed by atoms with Crippen molar-refractivity contribution < 1.29 is 9.47 Å². The van der Waals surface area contributed by atoms with E-state index in [0.717, 1.165) is 46.6 Å². The minimum absolute atomic E-state index is 0.102. The van der Waals surface area contributed by atoms with Gasteiger partial charge in [0.25, 0.3) is 5.56 Å². The number of nitrogens with one attached hydrogen (secondary N) is 1. The van der Waals surface area contributed by atoms with Crippen molar-refractivity contribution in [2.24, 2.45) is 0 Å². The van der Waals surface area contributed by atoms with E-state index in [1.807, 2.05) is 0 Å². The zero-order valence-corrected chi connectivity index (χ0v) is 14.7. The molecule has 0 amide bonds. The van der Waals surface area contributed by atoms with Gasteiger partial charge in [-0.2, -0.15) is 0 Å². The predicted octanol–water partition coefficient (Wildman–Crippen LogP) is 1.83. The van der Waals surface area contributed by atoms with Gasteiger partial charge in [-0.15, -0.1) is 11.3 Å². The van der Waals surface area contributed by atoms with Crippen LogP contribution in [0.1, 0.15) is 18.1 Å². The van der Waals surface area contributed by atoms with Gasteiger partial charge in [0.1, 0.15) is 15.3 Å². The number of anilines is 1. The Morgan fingerprint density at radius 1 is 1.32 bits per heavy atom. The molecule has 25 heavy (non-hydrogen) atoms. The zero-order chi connectivity index (χ0) is 17.0. The summed E-state index contributed by atoms with van der Waals surface area (Å²) in [6, 6.07) is 0. The first kappa shape index (κ1) is 15.2. The second kappa shape index (κ2) is 5.76. The van der Waals surface area contributed by atoms with Crippen molar-refractivity contribution in [1.82, 2.24) is 15.0 Å². The molecule has 0 radical (unpaired) electrons. The van der Waals surface area contributed by atoms with Crippen molar-refractivity contribution >= 4 is 37.6 Å². The number of thiophene rings is 1. The Morgan fingerprint density at radius 2 is 2.16 bits per heavy atom. The van der Waals surface area contributed by atoms with Gasteiger partial charge < -0.3 is 19.4 Å². The fraction of sp³-hybridized carbons (Fsp3) is 0.471. The number of morpholine rings is 1. The Morgan fingerprint density at radius 3 is 3.00 bits per heavy atom. The summed E-state index contributed by atoms with van der Waals surface area (Å²) in [5.74, 6) is 0.973. The lowest BCUT2D eigenvalue weighted by atomic mass is 9.97. The second-order valence-corrected chi connectivity index (χ2v) is 7.51. The fourth-order valence-corrected chi connectivity index (χ4v) is 4.75. The standard InChI is InChI=1S/C17H18N4O3S/c1-9-6-10-11(7-24-9)15(21-2-4-23-5-3-21)20-17-12(10)13-14(25-17)16(22)19-8-18-13/h8-9H,2-7H2,1H3,(H,18,19,22). The molecule has 1 N–H and O–H groups in total. The molecule has 2 aliphatic heterocycles. The van der Waals surface area contributed by atoms with E-state index in [0.29, 0.717) is 24.5 Å². The zero-order valence-electron chi connectivity index (χ0n) is 13.9. The van der Waals surface area contributed by atoms with Gasteiger partial charge in [0.05, 0.1) is 37.8 Å². The molecular formula is C17H18N4O3S. The largest absolute Gasteiger partial charge is 0.378 e. The highest BCUT2D eigenvalue weighted by atomic mass is 32.1. The topological polar surface area (TPSA) is 80.3 Å². The van der Waals surface area contributed by atoms with Crippen molar-refractivity contribution in [3.63, 3.8) is 0 Å². The van der Waals surface area contributed by atoms with Gasteiger partial charge in [-0.1, -0.05) is 0 Å². The summed E-state index contributed by atoms with van der Waals surface area (Å²) in [6.07, 6.45) is 2.43. The molecule has 1 saturated heterocycles. The normalized spacial score (nSPS) is 21.0. The first-order valence-corrected chi connectivity index (χ1v) is 9.30. The molecule has 0 saturated carbocycles. The van der Waals surface area contributed by atoms with E-state index in [9.17, 15) is 4.79 Å². The third-order valence-corrected chi connectivity index (χ3v) is 5.99. The van der Waals surface area contributed by atoms with Gasteiger partial charge in [-0.3, -0.25) is 4.79 Å². The van der Waals surface area contributed by atoms with E-state index >= 15 is 0 Å². The third-order valence-electron chi connectivity index (χ3n) is 4.92. The molecule has 8 heteroatoms. The molecule has 1 fully saturated rings. The number of aromatic amines is 1. The molecule has 0 spiro atoms. The molecule has 0 aromatic carbocycles. The lowest BCUT2D eigenvalue weighted by molar-refractivity contribution is 0.0413. The average molecular weight is 358 g/mol. The predicted molar refractivity (Wildman–Crippen MR) is 96.5 cm³/mol. The van der Waals surface area contributed by atoms with Crippen molar-refractivity contribution in [2.45, 2.75) is 26.1 Å². The minimum atomic E-state index is -0.102. The smallest absolute Gasteiger partial charge is 0.268 e. The summed E-state index contributed by atoms with van der Waals surface area (Å²) in [5, 5.41) is 1.02. The van der Waals surface area contributed by atoms with Gasteiger partial charge >= 0.3 is 0 Å². The van der Waals surface area contributed by atoms with Crippen LogP contribution in [0.25, 0.3) is 20.4 Å². The Hall–Kier alpha value is -2.03. The molecule has 0 aliphatic carbocycles. The van der Waals surface area contributed by atoms with Crippen LogP contribution < -0.4 is 10.5 Å². The number of pyridine rings is 1. The van der Waals surface area contributed by atoms with E-state index in [-0.39, 0.29) is 11.7 Å². The molecular weight excluding hydrogens is 340 g/mol. The van der Waals surface area contributed by atoms with Crippen molar-refractivity contribution in [3.8, 4) is 0 Å².